The molecule has 0 radical (unpaired) electrons. The maximum Gasteiger partial charge on any atom is 0.159 e. The third kappa shape index (κ3) is 2.27. The second-order valence-corrected chi connectivity index (χ2v) is 5.36. The predicted molar refractivity (Wildman–Crippen MR) is 81.3 cm³/mol. The Bertz CT molecular complexity index is 834. The lowest BCUT2D eigenvalue weighted by atomic mass is 10.1. The van der Waals surface area contributed by atoms with Gasteiger partial charge in [0.05, 0.1) is 0 Å². The van der Waals surface area contributed by atoms with Crippen molar-refractivity contribution in [2.45, 2.75) is 20.4 Å². The highest BCUT2D eigenvalue weighted by molar-refractivity contribution is 5.89. The zero-order valence-electron chi connectivity index (χ0n) is 12.0. The summed E-state index contributed by atoms with van der Waals surface area (Å²) < 4.78 is 28.3. The quantitative estimate of drug-likeness (QED) is 0.704. The summed E-state index contributed by atoms with van der Waals surface area (Å²) in [7, 11) is 0. The van der Waals surface area contributed by atoms with E-state index in [9.17, 15) is 8.78 Å². The van der Waals surface area contributed by atoms with Crippen molar-refractivity contribution in [1.82, 2.24) is 4.57 Å². The van der Waals surface area contributed by atoms with Crippen molar-refractivity contribution in [2.24, 2.45) is 0 Å². The van der Waals surface area contributed by atoms with Crippen molar-refractivity contribution in [1.29, 1.82) is 0 Å². The van der Waals surface area contributed by atoms with Crippen LogP contribution >= 0.6 is 0 Å². The molecule has 108 valence electrons. The minimum Gasteiger partial charge on any atom is -0.398 e. The van der Waals surface area contributed by atoms with Crippen LogP contribution in [0.2, 0.25) is 0 Å². The Morgan fingerprint density at radius 3 is 2.52 bits per heavy atom. The van der Waals surface area contributed by atoms with Gasteiger partial charge in [-0.1, -0.05) is 6.07 Å². The second-order valence-electron chi connectivity index (χ2n) is 5.36. The van der Waals surface area contributed by atoms with Crippen LogP contribution in [-0.2, 0) is 6.54 Å². The number of nitrogen functional groups attached to an aromatic ring is 1. The fourth-order valence-corrected chi connectivity index (χ4v) is 2.66. The summed E-state index contributed by atoms with van der Waals surface area (Å²) in [6, 6.07) is 8.02. The minimum atomic E-state index is -0.824. The van der Waals surface area contributed by atoms with Gasteiger partial charge >= 0.3 is 0 Å². The van der Waals surface area contributed by atoms with Crippen molar-refractivity contribution in [2.75, 3.05) is 5.73 Å². The van der Waals surface area contributed by atoms with E-state index in [4.69, 9.17) is 5.73 Å². The maximum absolute atomic E-state index is 13.3. The number of rotatable bonds is 2. The Labute approximate surface area is 121 Å². The molecule has 2 nitrogen and oxygen atoms in total. The number of anilines is 1. The molecule has 0 bridgehead atoms. The molecule has 0 aliphatic heterocycles. The number of halogens is 2. The van der Waals surface area contributed by atoms with Gasteiger partial charge in [0.1, 0.15) is 0 Å². The Balaban J connectivity index is 2.07. The normalized spacial score (nSPS) is 11.2. The van der Waals surface area contributed by atoms with Gasteiger partial charge in [0.25, 0.3) is 0 Å². The van der Waals surface area contributed by atoms with Crippen molar-refractivity contribution < 1.29 is 8.78 Å². The molecule has 0 saturated carbocycles. The molecule has 0 fully saturated rings. The fraction of sp³-hybridized carbons (Fsp3) is 0.176. The number of aryl methyl sites for hydroxylation is 2. The molecule has 2 N–H and O–H groups in total. The Kier molecular flexibility index (Phi) is 3.16. The van der Waals surface area contributed by atoms with Crippen LogP contribution in [0.15, 0.2) is 36.5 Å². The van der Waals surface area contributed by atoms with Crippen molar-refractivity contribution >= 4 is 16.6 Å². The molecule has 1 heterocycles. The average molecular weight is 286 g/mol. The Morgan fingerprint density at radius 1 is 1.05 bits per heavy atom. The molecule has 3 aromatic rings. The Morgan fingerprint density at radius 2 is 1.81 bits per heavy atom. The third-order valence-corrected chi connectivity index (χ3v) is 3.93. The van der Waals surface area contributed by atoms with E-state index in [1.165, 1.54) is 6.07 Å². The fourth-order valence-electron chi connectivity index (χ4n) is 2.66. The summed E-state index contributed by atoms with van der Waals surface area (Å²) in [5.41, 5.74) is 10.7. The van der Waals surface area contributed by atoms with Gasteiger partial charge in [0.15, 0.2) is 11.6 Å². The lowest BCUT2D eigenvalue weighted by Crippen LogP contribution is -2.01. The number of nitrogens with zero attached hydrogens (tertiary/aromatic N) is 1. The largest absolute Gasteiger partial charge is 0.398 e. The van der Waals surface area contributed by atoms with E-state index in [-0.39, 0.29) is 0 Å². The highest BCUT2D eigenvalue weighted by Gasteiger charge is 2.10. The van der Waals surface area contributed by atoms with Crippen LogP contribution in [0.4, 0.5) is 14.5 Å². The van der Waals surface area contributed by atoms with Crippen LogP contribution in [0, 0.1) is 25.5 Å². The number of fused-ring (bicyclic) bond motifs is 1. The van der Waals surface area contributed by atoms with E-state index in [0.29, 0.717) is 6.54 Å². The van der Waals surface area contributed by atoms with Gasteiger partial charge < -0.3 is 10.3 Å². The van der Waals surface area contributed by atoms with Crippen LogP contribution in [0.3, 0.4) is 0 Å². The van der Waals surface area contributed by atoms with Gasteiger partial charge in [-0.2, -0.15) is 0 Å². The lowest BCUT2D eigenvalue weighted by Gasteiger charge is -2.10. The van der Waals surface area contributed by atoms with Gasteiger partial charge in [0.2, 0.25) is 0 Å². The molecule has 0 amide bonds. The first kappa shape index (κ1) is 13.6. The van der Waals surface area contributed by atoms with Crippen molar-refractivity contribution in [3.8, 4) is 0 Å². The lowest BCUT2D eigenvalue weighted by molar-refractivity contribution is 0.506. The predicted octanol–water partition coefficient (Wildman–Crippen LogP) is 4.17. The van der Waals surface area contributed by atoms with Crippen molar-refractivity contribution in [3.63, 3.8) is 0 Å². The van der Waals surface area contributed by atoms with E-state index < -0.39 is 11.6 Å². The summed E-state index contributed by atoms with van der Waals surface area (Å²) >= 11 is 0. The smallest absolute Gasteiger partial charge is 0.159 e. The van der Waals surface area contributed by atoms with E-state index in [2.05, 4.69) is 0 Å². The first-order chi connectivity index (χ1) is 9.97. The molecule has 0 saturated heterocycles. The zero-order valence-corrected chi connectivity index (χ0v) is 12.0. The van der Waals surface area contributed by atoms with Crippen LogP contribution < -0.4 is 5.73 Å². The van der Waals surface area contributed by atoms with E-state index >= 15 is 0 Å². The summed E-state index contributed by atoms with van der Waals surface area (Å²) in [5.74, 6) is -1.64. The zero-order chi connectivity index (χ0) is 15.1. The number of hydrogen-bond donors (Lipinski definition) is 1. The maximum atomic E-state index is 13.3. The molecule has 21 heavy (non-hydrogen) atoms. The van der Waals surface area contributed by atoms with E-state index in [1.807, 2.05) is 36.7 Å². The van der Waals surface area contributed by atoms with Gasteiger partial charge in [0, 0.05) is 29.3 Å². The number of hydrogen-bond acceptors (Lipinski definition) is 1. The molecule has 0 aliphatic carbocycles. The average Bonchev–Trinajstić information content (AvgIpc) is 2.83. The molecular weight excluding hydrogens is 270 g/mol. The Hall–Kier alpha value is -2.36. The standard InChI is InChI=1S/C17H16F2N2/c1-10-7-16-13(11(2)17(10)20)5-6-21(16)9-12-3-4-14(18)15(19)8-12/h3-8H,9,20H2,1-2H3. The molecule has 3 rings (SSSR count). The molecule has 0 spiro atoms. The SMILES string of the molecule is Cc1cc2c(ccn2Cc2ccc(F)c(F)c2)c(C)c1N. The van der Waals surface area contributed by atoms with Gasteiger partial charge in [-0.15, -0.1) is 0 Å². The summed E-state index contributed by atoms with van der Waals surface area (Å²) in [4.78, 5) is 0. The topological polar surface area (TPSA) is 30.9 Å². The summed E-state index contributed by atoms with van der Waals surface area (Å²) in [5, 5.41) is 1.08. The highest BCUT2D eigenvalue weighted by atomic mass is 19.2. The number of benzene rings is 2. The molecule has 0 atom stereocenters. The second kappa shape index (κ2) is 4.88. The van der Waals surface area contributed by atoms with Crippen molar-refractivity contribution in [3.05, 3.63) is 64.9 Å². The van der Waals surface area contributed by atoms with Gasteiger partial charge in [-0.25, -0.2) is 8.78 Å². The first-order valence-corrected chi connectivity index (χ1v) is 6.76. The number of nitrogens with two attached hydrogens (primary N) is 1. The molecule has 4 heteroatoms. The van der Waals surface area contributed by atoms with Gasteiger partial charge in [-0.05, 0) is 54.8 Å². The first-order valence-electron chi connectivity index (χ1n) is 6.76. The third-order valence-electron chi connectivity index (χ3n) is 3.93. The molecule has 0 unspecified atom stereocenters. The van der Waals surface area contributed by atoms with E-state index in [1.54, 1.807) is 6.07 Å². The summed E-state index contributed by atoms with van der Waals surface area (Å²) in [6.07, 6.45) is 1.94. The van der Waals surface area contributed by atoms with Crippen LogP contribution in [0.1, 0.15) is 16.7 Å². The molecule has 1 aromatic heterocycles. The van der Waals surface area contributed by atoms with E-state index in [0.717, 1.165) is 39.3 Å². The number of aromatic nitrogens is 1. The highest BCUT2D eigenvalue weighted by Crippen LogP contribution is 2.28. The van der Waals surface area contributed by atoms with Crippen LogP contribution in [-0.4, -0.2) is 4.57 Å². The molecule has 2 aromatic carbocycles. The molecular formula is C17H16F2N2. The minimum absolute atomic E-state index is 0.490. The molecule has 0 aliphatic rings. The van der Waals surface area contributed by atoms with Gasteiger partial charge in [-0.3, -0.25) is 0 Å². The van der Waals surface area contributed by atoms with Crippen LogP contribution in [0.25, 0.3) is 10.9 Å². The summed E-state index contributed by atoms with van der Waals surface area (Å²) in [6.45, 7) is 4.45. The van der Waals surface area contributed by atoms with Crippen LogP contribution in [0.5, 0.6) is 0 Å². The monoisotopic (exact) mass is 286 g/mol.